The molecule has 18 heavy (non-hydrogen) atoms. The molecule has 1 fully saturated rings. The summed E-state index contributed by atoms with van der Waals surface area (Å²) in [5.74, 6) is 1.12. The van der Waals surface area contributed by atoms with E-state index in [1.165, 1.54) is 5.56 Å². The molecule has 1 aliphatic rings. The van der Waals surface area contributed by atoms with Gasteiger partial charge in [0.05, 0.1) is 6.04 Å². The molecule has 1 amide bonds. The van der Waals surface area contributed by atoms with Gasteiger partial charge in [0.1, 0.15) is 5.82 Å². The van der Waals surface area contributed by atoms with Crippen LogP contribution in [0.5, 0.6) is 0 Å². The number of anilines is 1. The van der Waals surface area contributed by atoms with Gasteiger partial charge in [-0.15, -0.1) is 0 Å². The van der Waals surface area contributed by atoms with Crippen LogP contribution < -0.4 is 4.90 Å². The Kier molecular flexibility index (Phi) is 3.55. The number of hydrogen-bond donors (Lipinski definition) is 0. The van der Waals surface area contributed by atoms with Crippen molar-refractivity contribution >= 4 is 11.7 Å². The van der Waals surface area contributed by atoms with Gasteiger partial charge in [0.15, 0.2) is 0 Å². The molecule has 0 N–H and O–H groups in total. The zero-order chi connectivity index (χ0) is 13.3. The predicted octanol–water partition coefficient (Wildman–Crippen LogP) is 2.14. The highest BCUT2D eigenvalue weighted by Gasteiger charge is 2.29. The molecule has 0 unspecified atom stereocenters. The maximum atomic E-state index is 11.6. The minimum absolute atomic E-state index is 0.161. The van der Waals surface area contributed by atoms with Gasteiger partial charge in [0, 0.05) is 33.3 Å². The number of pyridine rings is 1. The fourth-order valence-corrected chi connectivity index (χ4v) is 2.63. The fourth-order valence-electron chi connectivity index (χ4n) is 2.63. The van der Waals surface area contributed by atoms with Crippen molar-refractivity contribution in [1.82, 2.24) is 9.88 Å². The lowest BCUT2D eigenvalue weighted by Crippen LogP contribution is -2.28. The molecule has 4 nitrogen and oxygen atoms in total. The van der Waals surface area contributed by atoms with Crippen LogP contribution in [0.1, 0.15) is 37.1 Å². The van der Waals surface area contributed by atoms with Gasteiger partial charge in [-0.2, -0.15) is 0 Å². The molecule has 1 saturated heterocycles. The number of nitrogens with zero attached hydrogens (tertiary/aromatic N) is 3. The summed E-state index contributed by atoms with van der Waals surface area (Å²) in [5, 5.41) is 0. The summed E-state index contributed by atoms with van der Waals surface area (Å²) in [7, 11) is 3.97. The van der Waals surface area contributed by atoms with Crippen molar-refractivity contribution in [3.63, 3.8) is 0 Å². The quantitative estimate of drug-likeness (QED) is 0.803. The van der Waals surface area contributed by atoms with Crippen molar-refractivity contribution in [2.75, 3.05) is 25.5 Å². The molecule has 0 bridgehead atoms. The second kappa shape index (κ2) is 4.96. The summed E-state index contributed by atoms with van der Waals surface area (Å²) < 4.78 is 0. The van der Waals surface area contributed by atoms with Crippen LogP contribution in [0.3, 0.4) is 0 Å². The lowest BCUT2D eigenvalue weighted by atomic mass is 10.0. The molecule has 0 aromatic carbocycles. The van der Waals surface area contributed by atoms with Gasteiger partial charge in [-0.1, -0.05) is 6.07 Å². The number of carbonyl (C=O) groups is 1. The zero-order valence-electron chi connectivity index (χ0n) is 11.6. The first-order valence-corrected chi connectivity index (χ1v) is 6.43. The van der Waals surface area contributed by atoms with Gasteiger partial charge in [-0.25, -0.2) is 4.98 Å². The Morgan fingerprint density at radius 1 is 1.44 bits per heavy atom. The molecule has 0 radical (unpaired) electrons. The monoisotopic (exact) mass is 247 g/mol. The van der Waals surface area contributed by atoms with Gasteiger partial charge >= 0.3 is 0 Å². The Morgan fingerprint density at radius 2 is 2.17 bits per heavy atom. The number of carbonyl (C=O) groups excluding carboxylic acids is 1. The molecule has 2 rings (SSSR count). The third-order valence-corrected chi connectivity index (χ3v) is 3.59. The first-order chi connectivity index (χ1) is 8.50. The number of amides is 1. The first-order valence-electron chi connectivity index (χ1n) is 6.43. The largest absolute Gasteiger partial charge is 0.363 e. The van der Waals surface area contributed by atoms with Crippen LogP contribution in [0.4, 0.5) is 5.82 Å². The second-order valence-electron chi connectivity index (χ2n) is 5.11. The predicted molar refractivity (Wildman–Crippen MR) is 72.7 cm³/mol. The molecular weight excluding hydrogens is 226 g/mol. The standard InChI is InChI=1S/C14H21N3O/c1-10-12(7-8-14(15-10)16(3)4)13-6-5-9-17(13)11(2)18/h7-8,13H,5-6,9H2,1-4H3/t13-/m1/s1. The average Bonchev–Trinajstić information content (AvgIpc) is 2.77. The summed E-state index contributed by atoms with van der Waals surface area (Å²) in [6.45, 7) is 4.54. The van der Waals surface area contributed by atoms with Crippen LogP contribution in [0, 0.1) is 6.92 Å². The van der Waals surface area contributed by atoms with Crippen LogP contribution >= 0.6 is 0 Å². The molecule has 0 aliphatic carbocycles. The summed E-state index contributed by atoms with van der Waals surface area (Å²) >= 11 is 0. The van der Waals surface area contributed by atoms with Crippen molar-refractivity contribution < 1.29 is 4.79 Å². The van der Waals surface area contributed by atoms with E-state index in [0.717, 1.165) is 30.9 Å². The summed E-state index contributed by atoms with van der Waals surface area (Å²) in [5.41, 5.74) is 2.22. The molecule has 0 spiro atoms. The van der Waals surface area contributed by atoms with Crippen molar-refractivity contribution in [1.29, 1.82) is 0 Å². The van der Waals surface area contributed by atoms with E-state index >= 15 is 0 Å². The highest BCUT2D eigenvalue weighted by atomic mass is 16.2. The molecule has 1 atom stereocenters. The molecule has 2 heterocycles. The SMILES string of the molecule is CC(=O)N1CCC[C@@H]1c1ccc(N(C)C)nc1C. The molecule has 98 valence electrons. The van der Waals surface area contributed by atoms with E-state index in [1.807, 2.05) is 36.9 Å². The minimum Gasteiger partial charge on any atom is -0.363 e. The van der Waals surface area contributed by atoms with Crippen LogP contribution in [0.2, 0.25) is 0 Å². The highest BCUT2D eigenvalue weighted by molar-refractivity contribution is 5.74. The van der Waals surface area contributed by atoms with Crippen molar-refractivity contribution in [3.05, 3.63) is 23.4 Å². The number of aromatic nitrogens is 1. The molecule has 1 aromatic heterocycles. The lowest BCUT2D eigenvalue weighted by molar-refractivity contribution is -0.129. The zero-order valence-corrected chi connectivity index (χ0v) is 11.6. The van der Waals surface area contributed by atoms with E-state index in [1.54, 1.807) is 6.92 Å². The molecule has 1 aliphatic heterocycles. The first kappa shape index (κ1) is 12.9. The van der Waals surface area contributed by atoms with Crippen LogP contribution in [-0.4, -0.2) is 36.4 Å². The van der Waals surface area contributed by atoms with E-state index < -0.39 is 0 Å². The van der Waals surface area contributed by atoms with Crippen molar-refractivity contribution in [2.45, 2.75) is 32.7 Å². The average molecular weight is 247 g/mol. The Balaban J connectivity index is 2.31. The van der Waals surface area contributed by atoms with Crippen LogP contribution in [0.25, 0.3) is 0 Å². The topological polar surface area (TPSA) is 36.4 Å². The van der Waals surface area contributed by atoms with E-state index in [2.05, 4.69) is 11.1 Å². The second-order valence-corrected chi connectivity index (χ2v) is 5.11. The molecule has 0 saturated carbocycles. The summed E-state index contributed by atoms with van der Waals surface area (Å²) in [4.78, 5) is 20.2. The molecular formula is C14H21N3O. The number of likely N-dealkylation sites (tertiary alicyclic amines) is 1. The maximum absolute atomic E-state index is 11.6. The van der Waals surface area contributed by atoms with Gasteiger partial charge in [-0.3, -0.25) is 4.79 Å². The Hall–Kier alpha value is -1.58. The van der Waals surface area contributed by atoms with Crippen molar-refractivity contribution in [2.24, 2.45) is 0 Å². The summed E-state index contributed by atoms with van der Waals surface area (Å²) in [6.07, 6.45) is 2.13. The smallest absolute Gasteiger partial charge is 0.219 e. The van der Waals surface area contributed by atoms with E-state index in [4.69, 9.17) is 0 Å². The molecule has 1 aromatic rings. The highest BCUT2D eigenvalue weighted by Crippen LogP contribution is 2.33. The van der Waals surface area contributed by atoms with E-state index in [9.17, 15) is 4.79 Å². The number of aryl methyl sites for hydroxylation is 1. The maximum Gasteiger partial charge on any atom is 0.219 e. The van der Waals surface area contributed by atoms with E-state index in [-0.39, 0.29) is 11.9 Å². The van der Waals surface area contributed by atoms with Gasteiger partial charge in [-0.05, 0) is 31.4 Å². The Labute approximate surface area is 109 Å². The van der Waals surface area contributed by atoms with E-state index in [0.29, 0.717) is 0 Å². The third kappa shape index (κ3) is 2.33. The van der Waals surface area contributed by atoms with Crippen LogP contribution in [0.15, 0.2) is 12.1 Å². The number of rotatable bonds is 2. The van der Waals surface area contributed by atoms with Gasteiger partial charge in [0.2, 0.25) is 5.91 Å². The fraction of sp³-hybridized carbons (Fsp3) is 0.571. The lowest BCUT2D eigenvalue weighted by Gasteiger charge is -2.25. The van der Waals surface area contributed by atoms with Gasteiger partial charge in [0.25, 0.3) is 0 Å². The molecule has 4 heteroatoms. The van der Waals surface area contributed by atoms with Crippen molar-refractivity contribution in [3.8, 4) is 0 Å². The van der Waals surface area contributed by atoms with Gasteiger partial charge < -0.3 is 9.80 Å². The minimum atomic E-state index is 0.161. The third-order valence-electron chi connectivity index (χ3n) is 3.59. The Bertz CT molecular complexity index is 456. The summed E-state index contributed by atoms with van der Waals surface area (Å²) in [6, 6.07) is 4.36. The normalized spacial score (nSPS) is 19.1. The Morgan fingerprint density at radius 3 is 2.72 bits per heavy atom. The van der Waals surface area contributed by atoms with Crippen LogP contribution in [-0.2, 0) is 4.79 Å². The number of hydrogen-bond acceptors (Lipinski definition) is 3.